The minimum Gasteiger partial charge on any atom is -0.358 e. The molecule has 0 amide bonds. The first-order chi connectivity index (χ1) is 7.47. The molecule has 0 fully saturated rings. The smallest absolute Gasteiger partial charge is 0.358 e. The van der Waals surface area contributed by atoms with Crippen molar-refractivity contribution >= 4 is 29.0 Å². The van der Waals surface area contributed by atoms with Crippen molar-refractivity contribution < 1.29 is 14.6 Å². The van der Waals surface area contributed by atoms with Crippen LogP contribution >= 0.6 is 11.6 Å². The van der Waals surface area contributed by atoms with Gasteiger partial charge in [-0.1, -0.05) is 0 Å². The van der Waals surface area contributed by atoms with Gasteiger partial charge >= 0.3 is 11.6 Å². The number of Topliss-reactive ketones (excluding diaryl/α,β-unsaturated/α-hetero) is 1. The van der Waals surface area contributed by atoms with E-state index in [1.54, 1.807) is 0 Å². The summed E-state index contributed by atoms with van der Waals surface area (Å²) in [6.07, 6.45) is 0.862. The summed E-state index contributed by atoms with van der Waals surface area (Å²) < 4.78 is 0.781. The number of carbonyl (C=O) groups excluding carboxylic acids is 1. The first-order valence-electron chi connectivity index (χ1n) is 3.89. The van der Waals surface area contributed by atoms with Gasteiger partial charge in [-0.05, 0) is 9.85 Å². The van der Waals surface area contributed by atoms with Gasteiger partial charge in [-0.15, -0.1) is 11.6 Å². The monoisotopic (exact) mass is 248 g/mol. The van der Waals surface area contributed by atoms with Crippen LogP contribution in [0.25, 0.3) is 0 Å². The highest BCUT2D eigenvalue weighted by Gasteiger charge is 2.32. The van der Waals surface area contributed by atoms with Crippen LogP contribution < -0.4 is 0 Å². The quantitative estimate of drug-likeness (QED) is 0.425. The van der Waals surface area contributed by atoms with Gasteiger partial charge < -0.3 is 20.2 Å². The predicted octanol–water partition coefficient (Wildman–Crippen LogP) is 0.507. The molecular formula is C6H5ClN4O5. The molecule has 0 saturated carbocycles. The van der Waals surface area contributed by atoms with Gasteiger partial charge in [-0.25, -0.2) is 0 Å². The van der Waals surface area contributed by atoms with Crippen molar-refractivity contribution in [1.29, 1.82) is 0 Å². The Morgan fingerprint density at radius 3 is 2.50 bits per heavy atom. The van der Waals surface area contributed by atoms with E-state index in [9.17, 15) is 25.0 Å². The summed E-state index contributed by atoms with van der Waals surface area (Å²) in [5.74, 6) is -2.56. The molecule has 16 heavy (non-hydrogen) atoms. The Kier molecular flexibility index (Phi) is 3.51. The van der Waals surface area contributed by atoms with Crippen molar-refractivity contribution in [2.75, 3.05) is 5.88 Å². The van der Waals surface area contributed by atoms with E-state index < -0.39 is 33.8 Å². The molecule has 0 spiro atoms. The molecule has 1 aromatic rings. The fourth-order valence-corrected chi connectivity index (χ4v) is 1.11. The fourth-order valence-electron chi connectivity index (χ4n) is 1.03. The van der Waals surface area contributed by atoms with E-state index in [1.807, 2.05) is 0 Å². The zero-order valence-corrected chi connectivity index (χ0v) is 8.46. The molecule has 0 aliphatic heterocycles. The summed E-state index contributed by atoms with van der Waals surface area (Å²) in [7, 11) is 0. The largest absolute Gasteiger partial charge is 0.462 e. The van der Waals surface area contributed by atoms with Crippen molar-refractivity contribution in [3.8, 4) is 0 Å². The van der Waals surface area contributed by atoms with Crippen LogP contribution in [0.1, 0.15) is 0 Å². The Morgan fingerprint density at radius 2 is 2.06 bits per heavy atom. The van der Waals surface area contributed by atoms with Crippen LogP contribution in [0.2, 0.25) is 0 Å². The molecule has 1 aromatic heterocycles. The second kappa shape index (κ2) is 4.66. The summed E-state index contributed by atoms with van der Waals surface area (Å²) in [6, 6.07) is 0. The highest BCUT2D eigenvalue weighted by Crippen LogP contribution is 2.24. The number of alkyl halides is 1. The molecule has 0 radical (unpaired) electrons. The van der Waals surface area contributed by atoms with Crippen molar-refractivity contribution in [1.82, 2.24) is 9.55 Å². The molecule has 0 atom stereocenters. The van der Waals surface area contributed by atoms with Gasteiger partial charge in [0.2, 0.25) is 0 Å². The number of nitrogens with zero attached hydrogens (tertiary/aromatic N) is 4. The fraction of sp³-hybridized carbons (Fsp3) is 0.333. The maximum absolute atomic E-state index is 11.0. The summed E-state index contributed by atoms with van der Waals surface area (Å²) >= 11 is 5.22. The van der Waals surface area contributed by atoms with Crippen LogP contribution in [0.5, 0.6) is 0 Å². The predicted molar refractivity (Wildman–Crippen MR) is 51.3 cm³/mol. The first kappa shape index (κ1) is 12.0. The van der Waals surface area contributed by atoms with E-state index in [4.69, 9.17) is 11.6 Å². The highest BCUT2D eigenvalue weighted by molar-refractivity contribution is 6.27. The van der Waals surface area contributed by atoms with Crippen molar-refractivity contribution in [3.63, 3.8) is 0 Å². The van der Waals surface area contributed by atoms with E-state index >= 15 is 0 Å². The average Bonchev–Trinajstić information content (AvgIpc) is 2.61. The van der Waals surface area contributed by atoms with Crippen LogP contribution in [0.4, 0.5) is 11.6 Å². The third-order valence-electron chi connectivity index (χ3n) is 1.63. The third-order valence-corrected chi connectivity index (χ3v) is 1.93. The number of hydrogen-bond acceptors (Lipinski definition) is 6. The van der Waals surface area contributed by atoms with Gasteiger partial charge in [0.05, 0.1) is 5.88 Å². The molecule has 1 heterocycles. The lowest BCUT2D eigenvalue weighted by molar-refractivity contribution is -0.428. The lowest BCUT2D eigenvalue weighted by Gasteiger charge is -1.97. The van der Waals surface area contributed by atoms with Crippen molar-refractivity contribution in [2.45, 2.75) is 6.54 Å². The Balaban J connectivity index is 3.15. The van der Waals surface area contributed by atoms with Gasteiger partial charge in [-0.3, -0.25) is 4.79 Å². The Bertz CT molecular complexity index is 456. The number of carbonyl (C=O) groups is 1. The number of hydrogen-bond donors (Lipinski definition) is 0. The van der Waals surface area contributed by atoms with Gasteiger partial charge in [-0.2, -0.15) is 4.57 Å². The third kappa shape index (κ3) is 2.31. The van der Waals surface area contributed by atoms with Gasteiger partial charge in [0.25, 0.3) is 6.33 Å². The minimum absolute atomic E-state index is 0.330. The lowest BCUT2D eigenvalue weighted by Crippen LogP contribution is -2.12. The molecule has 0 aliphatic carbocycles. The Labute approximate surface area is 92.9 Å². The molecule has 10 heteroatoms. The second-order valence-electron chi connectivity index (χ2n) is 2.71. The Hall–Kier alpha value is -2.03. The Morgan fingerprint density at radius 1 is 1.44 bits per heavy atom. The second-order valence-corrected chi connectivity index (χ2v) is 2.97. The maximum Gasteiger partial charge on any atom is 0.462 e. The minimum atomic E-state index is -0.986. The maximum atomic E-state index is 11.0. The molecule has 0 aliphatic rings. The summed E-state index contributed by atoms with van der Waals surface area (Å²) in [6.45, 7) is -0.416. The molecule has 0 aromatic carbocycles. The molecule has 0 bridgehead atoms. The van der Waals surface area contributed by atoms with Gasteiger partial charge in [0.1, 0.15) is 0 Å². The first-order valence-corrected chi connectivity index (χ1v) is 4.42. The number of halogens is 1. The summed E-state index contributed by atoms with van der Waals surface area (Å²) in [4.78, 5) is 33.2. The zero-order valence-electron chi connectivity index (χ0n) is 7.70. The van der Waals surface area contributed by atoms with E-state index in [2.05, 4.69) is 4.98 Å². The van der Waals surface area contributed by atoms with Gasteiger partial charge in [0, 0.05) is 4.98 Å². The zero-order chi connectivity index (χ0) is 12.3. The van der Waals surface area contributed by atoms with E-state index in [-0.39, 0.29) is 5.88 Å². The van der Waals surface area contributed by atoms with Crippen LogP contribution in [0.15, 0.2) is 6.33 Å². The number of imidazole rings is 1. The summed E-state index contributed by atoms with van der Waals surface area (Å²) in [5, 5.41) is 21.0. The van der Waals surface area contributed by atoms with Gasteiger partial charge in [0.15, 0.2) is 12.3 Å². The lowest BCUT2D eigenvalue weighted by atomic mass is 10.4. The van der Waals surface area contributed by atoms with Crippen molar-refractivity contribution in [2.24, 2.45) is 0 Å². The SMILES string of the molecule is O=C(CCl)Cn1cnc([N+](=O)[O-])c1[N+](=O)[O-]. The van der Waals surface area contributed by atoms with E-state index in [0.717, 1.165) is 10.9 Å². The molecule has 1 rings (SSSR count). The molecule has 9 nitrogen and oxygen atoms in total. The van der Waals surface area contributed by atoms with Crippen LogP contribution in [0, 0.1) is 20.2 Å². The number of nitro groups is 2. The number of aromatic nitrogens is 2. The highest BCUT2D eigenvalue weighted by atomic mass is 35.5. The van der Waals surface area contributed by atoms with Crippen LogP contribution in [-0.4, -0.2) is 31.1 Å². The number of ketones is 1. The molecule has 0 saturated heterocycles. The molecule has 0 unspecified atom stereocenters. The molecule has 0 N–H and O–H groups in total. The topological polar surface area (TPSA) is 121 Å². The normalized spacial score (nSPS) is 10.1. The number of rotatable bonds is 5. The standard InChI is InChI=1S/C6H5ClN4O5/c7-1-4(12)2-9-3-8-5(10(13)14)6(9)11(15)16/h3H,1-2H2. The van der Waals surface area contributed by atoms with E-state index in [1.165, 1.54) is 0 Å². The van der Waals surface area contributed by atoms with Crippen molar-refractivity contribution in [3.05, 3.63) is 26.6 Å². The van der Waals surface area contributed by atoms with Crippen LogP contribution in [-0.2, 0) is 11.3 Å². The molecule has 86 valence electrons. The van der Waals surface area contributed by atoms with Crippen LogP contribution in [0.3, 0.4) is 0 Å². The molecular weight excluding hydrogens is 244 g/mol. The van der Waals surface area contributed by atoms with E-state index in [0.29, 0.717) is 0 Å². The average molecular weight is 249 g/mol. The summed E-state index contributed by atoms with van der Waals surface area (Å²) in [5.41, 5.74) is 0.